The van der Waals surface area contributed by atoms with Gasteiger partial charge in [-0.25, -0.2) is 9.37 Å². The number of amides is 1. The van der Waals surface area contributed by atoms with Crippen LogP contribution in [0.2, 0.25) is 0 Å². The number of hydrogen-bond acceptors (Lipinski definition) is 5. The lowest BCUT2D eigenvalue weighted by Gasteiger charge is -2.37. The summed E-state index contributed by atoms with van der Waals surface area (Å²) in [6.07, 6.45) is 4.39. The summed E-state index contributed by atoms with van der Waals surface area (Å²) >= 11 is 0. The van der Waals surface area contributed by atoms with E-state index in [1.807, 2.05) is 13.0 Å². The van der Waals surface area contributed by atoms with Crippen LogP contribution in [0.3, 0.4) is 0 Å². The zero-order valence-corrected chi connectivity index (χ0v) is 21.4. The molecule has 2 fully saturated rings. The second kappa shape index (κ2) is 10.4. The molecule has 1 aliphatic carbocycles. The molecule has 1 aromatic heterocycles. The zero-order valence-electron chi connectivity index (χ0n) is 21.4. The molecule has 2 heterocycles. The number of nitrogens with zero attached hydrogens (tertiary/aromatic N) is 4. The fourth-order valence-corrected chi connectivity index (χ4v) is 5.41. The molecule has 1 aliphatic heterocycles. The number of aromatic amines is 1. The molecule has 7 nitrogen and oxygen atoms in total. The Hall–Kier alpha value is -3.57. The van der Waals surface area contributed by atoms with Gasteiger partial charge in [0.15, 0.2) is 5.82 Å². The molecule has 5 rings (SSSR count). The molecule has 1 N–H and O–H groups in total. The van der Waals surface area contributed by atoms with Gasteiger partial charge in [-0.15, -0.1) is 0 Å². The van der Waals surface area contributed by atoms with Crippen molar-refractivity contribution in [3.63, 3.8) is 0 Å². The molecular weight excluding hydrogens is 469 g/mol. The molecule has 3 aromatic rings. The van der Waals surface area contributed by atoms with Gasteiger partial charge in [0.05, 0.1) is 18.2 Å². The van der Waals surface area contributed by atoms with Crippen molar-refractivity contribution in [3.05, 3.63) is 70.0 Å². The van der Waals surface area contributed by atoms with E-state index in [2.05, 4.69) is 27.3 Å². The molecule has 8 heteroatoms. The maximum atomic E-state index is 15.9. The third kappa shape index (κ3) is 4.88. The second-order valence-electron chi connectivity index (χ2n) is 10.1. The molecule has 1 amide bonds. The Morgan fingerprint density at radius 3 is 2.70 bits per heavy atom. The lowest BCUT2D eigenvalue weighted by Crippen LogP contribution is -2.43. The summed E-state index contributed by atoms with van der Waals surface area (Å²) in [5.74, 6) is 1.68. The summed E-state index contributed by atoms with van der Waals surface area (Å²) < 4.78 is 21.1. The Bertz CT molecular complexity index is 1330. The Balaban J connectivity index is 1.40. The van der Waals surface area contributed by atoms with Gasteiger partial charge in [0, 0.05) is 56.2 Å². The topological polar surface area (TPSA) is 94.9 Å². The van der Waals surface area contributed by atoms with Gasteiger partial charge >= 0.3 is 0 Å². The number of aryl methyl sites for hydroxylation is 1. The molecule has 0 bridgehead atoms. The number of alkyl halides is 1. The number of carbonyl (C=O) groups excluding carboxylic acids is 1. The first-order valence-electron chi connectivity index (χ1n) is 13.0. The number of nitrogens with one attached hydrogen (secondary N) is 1. The van der Waals surface area contributed by atoms with Gasteiger partial charge in [-0.3, -0.25) is 9.89 Å². The molecule has 37 heavy (non-hydrogen) atoms. The number of nitriles is 1. The molecule has 2 aromatic carbocycles. The third-order valence-electron chi connectivity index (χ3n) is 7.86. The SMILES string of the molecule is COCCc1nc(-c2cc(C(=O)N3CCC(F)(c4ccccc4C#N)CC3)c(C)cc2C2CCC2)n[nH]1. The van der Waals surface area contributed by atoms with E-state index in [9.17, 15) is 10.1 Å². The predicted molar refractivity (Wildman–Crippen MR) is 138 cm³/mol. The van der Waals surface area contributed by atoms with Crippen molar-refractivity contribution in [2.45, 2.75) is 57.0 Å². The van der Waals surface area contributed by atoms with Gasteiger partial charge in [0.25, 0.3) is 5.91 Å². The number of ether oxygens (including phenoxy) is 1. The average molecular weight is 502 g/mol. The van der Waals surface area contributed by atoms with E-state index in [1.165, 1.54) is 12.0 Å². The van der Waals surface area contributed by atoms with Crippen LogP contribution in [-0.2, 0) is 16.8 Å². The van der Waals surface area contributed by atoms with E-state index < -0.39 is 5.67 Å². The van der Waals surface area contributed by atoms with Crippen LogP contribution in [0.4, 0.5) is 4.39 Å². The lowest BCUT2D eigenvalue weighted by molar-refractivity contribution is 0.0420. The molecule has 192 valence electrons. The number of halogens is 1. The fraction of sp³-hybridized carbons (Fsp3) is 0.448. The van der Waals surface area contributed by atoms with Gasteiger partial charge in [-0.2, -0.15) is 10.4 Å². The van der Waals surface area contributed by atoms with E-state index in [4.69, 9.17) is 4.74 Å². The number of hydrogen-bond donors (Lipinski definition) is 1. The van der Waals surface area contributed by atoms with Gasteiger partial charge in [-0.1, -0.05) is 30.7 Å². The van der Waals surface area contributed by atoms with Crippen LogP contribution in [0.5, 0.6) is 0 Å². The molecule has 2 aliphatic rings. The highest BCUT2D eigenvalue weighted by atomic mass is 19.1. The summed E-state index contributed by atoms with van der Waals surface area (Å²) in [4.78, 5) is 20.1. The van der Waals surface area contributed by atoms with Crippen molar-refractivity contribution in [1.29, 1.82) is 5.26 Å². The number of piperidine rings is 1. The zero-order chi connectivity index (χ0) is 26.0. The van der Waals surface area contributed by atoms with Gasteiger partial charge < -0.3 is 9.64 Å². The first kappa shape index (κ1) is 25.1. The molecule has 0 radical (unpaired) electrons. The van der Waals surface area contributed by atoms with Crippen molar-refractivity contribution >= 4 is 5.91 Å². The van der Waals surface area contributed by atoms with Crippen LogP contribution in [0, 0.1) is 18.3 Å². The van der Waals surface area contributed by atoms with E-state index in [-0.39, 0.29) is 31.8 Å². The highest BCUT2D eigenvalue weighted by Crippen LogP contribution is 2.42. The standard InChI is InChI=1S/C29H32FN5O2/c1-19-16-23(20-7-5-8-20)24(27-32-26(33-34-27)10-15-37-2)17-22(19)28(36)35-13-11-29(30,12-14-35)25-9-4-3-6-21(25)18-31/h3-4,6,9,16-17,20H,5,7-8,10-15H2,1-2H3,(H,32,33,34). The number of benzene rings is 2. The summed E-state index contributed by atoms with van der Waals surface area (Å²) in [5, 5.41) is 16.9. The van der Waals surface area contributed by atoms with Gasteiger partial charge in [0.2, 0.25) is 0 Å². The second-order valence-corrected chi connectivity index (χ2v) is 10.1. The van der Waals surface area contributed by atoms with Crippen LogP contribution in [0.1, 0.15) is 76.5 Å². The first-order valence-corrected chi connectivity index (χ1v) is 13.0. The van der Waals surface area contributed by atoms with Crippen molar-refractivity contribution in [2.24, 2.45) is 0 Å². The van der Waals surface area contributed by atoms with Gasteiger partial charge in [0.1, 0.15) is 11.5 Å². The maximum Gasteiger partial charge on any atom is 0.254 e. The summed E-state index contributed by atoms with van der Waals surface area (Å²) in [5.41, 5.74) is 2.75. The minimum atomic E-state index is -1.62. The van der Waals surface area contributed by atoms with E-state index >= 15 is 4.39 Å². The molecule has 0 unspecified atom stereocenters. The van der Waals surface area contributed by atoms with Crippen molar-refractivity contribution in [3.8, 4) is 17.5 Å². The molecule has 1 saturated heterocycles. The molecule has 0 spiro atoms. The monoisotopic (exact) mass is 501 g/mol. The van der Waals surface area contributed by atoms with Crippen molar-refractivity contribution in [2.75, 3.05) is 26.8 Å². The summed E-state index contributed by atoms with van der Waals surface area (Å²) in [7, 11) is 1.65. The predicted octanol–water partition coefficient (Wildman–Crippen LogP) is 5.21. The Kier molecular flexibility index (Phi) is 7.07. The number of methoxy groups -OCH3 is 1. The number of H-pyrrole nitrogens is 1. The Morgan fingerprint density at radius 1 is 1.27 bits per heavy atom. The number of carbonyl (C=O) groups is 1. The van der Waals surface area contributed by atoms with Crippen LogP contribution in [0.15, 0.2) is 36.4 Å². The molecular formula is C29H32FN5O2. The Labute approximate surface area is 216 Å². The number of aromatic nitrogens is 3. The van der Waals surface area contributed by atoms with Crippen molar-refractivity contribution in [1.82, 2.24) is 20.1 Å². The summed E-state index contributed by atoms with van der Waals surface area (Å²) in [6, 6.07) is 13.0. The first-order chi connectivity index (χ1) is 17.9. The smallest absolute Gasteiger partial charge is 0.254 e. The summed E-state index contributed by atoms with van der Waals surface area (Å²) in [6.45, 7) is 3.09. The van der Waals surface area contributed by atoms with Crippen LogP contribution < -0.4 is 0 Å². The lowest BCUT2D eigenvalue weighted by atomic mass is 9.77. The van der Waals surface area contributed by atoms with Crippen molar-refractivity contribution < 1.29 is 13.9 Å². The fourth-order valence-electron chi connectivity index (χ4n) is 5.41. The maximum absolute atomic E-state index is 15.9. The van der Waals surface area contributed by atoms with Gasteiger partial charge in [-0.05, 0) is 48.9 Å². The Morgan fingerprint density at radius 2 is 2.03 bits per heavy atom. The minimum Gasteiger partial charge on any atom is -0.384 e. The van der Waals surface area contributed by atoms with E-state index in [0.29, 0.717) is 41.5 Å². The third-order valence-corrected chi connectivity index (χ3v) is 7.86. The normalized spacial score (nSPS) is 17.3. The largest absolute Gasteiger partial charge is 0.384 e. The van der Waals surface area contributed by atoms with Crippen LogP contribution in [-0.4, -0.2) is 52.8 Å². The highest BCUT2D eigenvalue weighted by Gasteiger charge is 2.39. The average Bonchev–Trinajstić information content (AvgIpc) is 3.35. The van der Waals surface area contributed by atoms with E-state index in [1.54, 1.807) is 36.3 Å². The van der Waals surface area contributed by atoms with E-state index in [0.717, 1.165) is 29.8 Å². The minimum absolute atomic E-state index is 0.107. The molecule has 1 saturated carbocycles. The highest BCUT2D eigenvalue weighted by molar-refractivity contribution is 5.97. The number of likely N-dealkylation sites (tertiary alicyclic amines) is 1. The van der Waals surface area contributed by atoms with Crippen LogP contribution >= 0.6 is 0 Å². The van der Waals surface area contributed by atoms with Crippen LogP contribution in [0.25, 0.3) is 11.4 Å². The quantitative estimate of drug-likeness (QED) is 0.480. The molecule has 0 atom stereocenters. The number of rotatable bonds is 7.